The van der Waals surface area contributed by atoms with Gasteiger partial charge >= 0.3 is 0 Å². The number of hydrogen-bond acceptors (Lipinski definition) is 3. The largest absolute Gasteiger partial charge is 0.329 e. The number of nitrogens with two attached hydrogens (primary N) is 1. The highest BCUT2D eigenvalue weighted by atomic mass is 15.8. The predicted octanol–water partition coefficient (Wildman–Crippen LogP) is -0.935. The Balaban J connectivity index is 1.98. The third kappa shape index (κ3) is 1.12. The van der Waals surface area contributed by atoms with Crippen LogP contribution in [0.4, 0.5) is 0 Å². The lowest BCUT2D eigenvalue weighted by Crippen LogP contribution is -2.14. The predicted molar refractivity (Wildman–Crippen MR) is 28.4 cm³/mol. The topological polar surface area (TPSA) is 32.0 Å². The molecule has 0 spiro atoms. The molecule has 0 amide bonds. The molecule has 1 heterocycles. The van der Waals surface area contributed by atoms with Crippen molar-refractivity contribution in [1.82, 2.24) is 10.0 Å². The van der Waals surface area contributed by atoms with Gasteiger partial charge in [-0.15, -0.1) is 0 Å². The van der Waals surface area contributed by atoms with Gasteiger partial charge in [0.05, 0.1) is 6.67 Å². The molecule has 3 heteroatoms. The molecule has 1 fully saturated rings. The zero-order valence-corrected chi connectivity index (χ0v) is 4.59. The molecule has 1 aliphatic heterocycles. The first-order valence-corrected chi connectivity index (χ1v) is 2.50. The zero-order valence-electron chi connectivity index (χ0n) is 4.59. The third-order valence-electron chi connectivity index (χ3n) is 1.15. The Kier molecular flexibility index (Phi) is 1.27. The first kappa shape index (κ1) is 5.03. The zero-order chi connectivity index (χ0) is 5.28. The number of rotatable bonds is 2. The molecule has 0 aromatic rings. The van der Waals surface area contributed by atoms with Crippen molar-refractivity contribution in [3.05, 3.63) is 0 Å². The summed E-state index contributed by atoms with van der Waals surface area (Å²) in [6.45, 7) is 2.87. The minimum absolute atomic E-state index is 0.768. The van der Waals surface area contributed by atoms with Gasteiger partial charge in [-0.3, -0.25) is 0 Å². The minimum Gasteiger partial charge on any atom is -0.329 e. The molecule has 0 bridgehead atoms. The van der Waals surface area contributed by atoms with Gasteiger partial charge < -0.3 is 5.73 Å². The van der Waals surface area contributed by atoms with Crippen LogP contribution in [0.15, 0.2) is 0 Å². The summed E-state index contributed by atoms with van der Waals surface area (Å²) in [6, 6.07) is 0. The summed E-state index contributed by atoms with van der Waals surface area (Å²) >= 11 is 0. The highest BCUT2D eigenvalue weighted by Gasteiger charge is 2.23. The fourth-order valence-corrected chi connectivity index (χ4v) is 0.598. The van der Waals surface area contributed by atoms with E-state index in [1.165, 1.54) is 0 Å². The Labute approximate surface area is 43.7 Å². The van der Waals surface area contributed by atoms with Crippen molar-refractivity contribution in [2.75, 3.05) is 26.8 Å². The Morgan fingerprint density at radius 2 is 2.29 bits per heavy atom. The van der Waals surface area contributed by atoms with E-state index < -0.39 is 0 Å². The van der Waals surface area contributed by atoms with Crippen LogP contribution in [0.3, 0.4) is 0 Å². The molecule has 42 valence electrons. The van der Waals surface area contributed by atoms with E-state index in [1.54, 1.807) is 0 Å². The molecule has 3 nitrogen and oxygen atoms in total. The van der Waals surface area contributed by atoms with Gasteiger partial charge in [-0.1, -0.05) is 0 Å². The van der Waals surface area contributed by atoms with Crippen LogP contribution in [-0.2, 0) is 0 Å². The third-order valence-corrected chi connectivity index (χ3v) is 1.15. The highest BCUT2D eigenvalue weighted by Crippen LogP contribution is 2.07. The van der Waals surface area contributed by atoms with Crippen molar-refractivity contribution in [3.8, 4) is 0 Å². The van der Waals surface area contributed by atoms with Crippen LogP contribution < -0.4 is 5.73 Å². The normalized spacial score (nSPS) is 38.6. The van der Waals surface area contributed by atoms with Crippen molar-refractivity contribution in [2.45, 2.75) is 0 Å². The van der Waals surface area contributed by atoms with Crippen LogP contribution in [0.5, 0.6) is 0 Å². The monoisotopic (exact) mass is 101 g/mol. The molecular weight excluding hydrogens is 90.1 g/mol. The Bertz CT molecular complexity index is 64.0. The van der Waals surface area contributed by atoms with E-state index in [0.29, 0.717) is 0 Å². The fourth-order valence-electron chi connectivity index (χ4n) is 0.598. The van der Waals surface area contributed by atoms with Crippen molar-refractivity contribution < 1.29 is 0 Å². The number of nitrogens with zero attached hydrogens (tertiary/aromatic N) is 2. The highest BCUT2D eigenvalue weighted by molar-refractivity contribution is 4.62. The second kappa shape index (κ2) is 1.78. The maximum atomic E-state index is 5.26. The quantitative estimate of drug-likeness (QED) is 0.456. The van der Waals surface area contributed by atoms with E-state index in [2.05, 4.69) is 17.1 Å². The average molecular weight is 101 g/mol. The van der Waals surface area contributed by atoms with E-state index in [-0.39, 0.29) is 0 Å². The van der Waals surface area contributed by atoms with Gasteiger partial charge in [0.25, 0.3) is 0 Å². The first-order valence-electron chi connectivity index (χ1n) is 2.50. The summed E-state index contributed by atoms with van der Waals surface area (Å²) in [6.07, 6.45) is 0. The van der Waals surface area contributed by atoms with Gasteiger partial charge in [-0.2, -0.15) is 0 Å². The van der Waals surface area contributed by atoms with Crippen LogP contribution in [0, 0.1) is 0 Å². The number of hydrogen-bond donors (Lipinski definition) is 1. The molecule has 2 atom stereocenters. The molecular formula is C4H11N3. The van der Waals surface area contributed by atoms with Crippen LogP contribution in [0.1, 0.15) is 0 Å². The summed E-state index contributed by atoms with van der Waals surface area (Å²) in [5, 5.41) is 4.31. The minimum atomic E-state index is 0.768. The Morgan fingerprint density at radius 1 is 1.71 bits per heavy atom. The van der Waals surface area contributed by atoms with Gasteiger partial charge in [0.15, 0.2) is 0 Å². The smallest absolute Gasteiger partial charge is 0.0784 e. The van der Waals surface area contributed by atoms with Gasteiger partial charge in [-0.25, -0.2) is 10.0 Å². The Hall–Kier alpha value is -0.120. The lowest BCUT2D eigenvalue weighted by Gasteiger charge is -1.93. The van der Waals surface area contributed by atoms with Crippen LogP contribution in [-0.4, -0.2) is 36.8 Å². The molecule has 1 saturated heterocycles. The van der Waals surface area contributed by atoms with Crippen molar-refractivity contribution in [2.24, 2.45) is 5.73 Å². The molecule has 0 saturated carbocycles. The lowest BCUT2D eigenvalue weighted by atomic mass is 10.7. The summed E-state index contributed by atoms with van der Waals surface area (Å²) in [7, 11) is 2.05. The SMILES string of the molecule is CN1CN1CCN. The van der Waals surface area contributed by atoms with Crippen molar-refractivity contribution >= 4 is 0 Å². The van der Waals surface area contributed by atoms with Crippen molar-refractivity contribution in [1.29, 1.82) is 0 Å². The molecule has 2 unspecified atom stereocenters. The number of hydrazine groups is 1. The average Bonchev–Trinajstić information content (AvgIpc) is 2.22. The summed E-state index contributed by atoms with van der Waals surface area (Å²) in [4.78, 5) is 0. The van der Waals surface area contributed by atoms with Gasteiger partial charge in [0.2, 0.25) is 0 Å². The Morgan fingerprint density at radius 3 is 2.43 bits per heavy atom. The summed E-state index contributed by atoms with van der Waals surface area (Å²) in [5.74, 6) is 0. The first-order chi connectivity index (χ1) is 3.34. The summed E-state index contributed by atoms with van der Waals surface area (Å²) in [5.41, 5.74) is 5.26. The second-order valence-corrected chi connectivity index (χ2v) is 1.82. The fraction of sp³-hybridized carbons (Fsp3) is 1.00. The molecule has 7 heavy (non-hydrogen) atoms. The van der Waals surface area contributed by atoms with E-state index >= 15 is 0 Å². The van der Waals surface area contributed by atoms with Crippen molar-refractivity contribution in [3.63, 3.8) is 0 Å². The van der Waals surface area contributed by atoms with E-state index in [0.717, 1.165) is 19.8 Å². The van der Waals surface area contributed by atoms with Crippen LogP contribution >= 0.6 is 0 Å². The summed E-state index contributed by atoms with van der Waals surface area (Å²) < 4.78 is 0. The lowest BCUT2D eigenvalue weighted by molar-refractivity contribution is 0.359. The van der Waals surface area contributed by atoms with Gasteiger partial charge in [0.1, 0.15) is 0 Å². The standard InChI is InChI=1S/C4H11N3/c1-6-4-7(6)3-2-5/h2-5H2,1H3. The van der Waals surface area contributed by atoms with Gasteiger partial charge in [-0.05, 0) is 0 Å². The molecule has 1 rings (SSSR count). The molecule has 0 aromatic heterocycles. The molecule has 2 N–H and O–H groups in total. The molecule has 1 aliphatic rings. The van der Waals surface area contributed by atoms with E-state index in [4.69, 9.17) is 5.73 Å². The van der Waals surface area contributed by atoms with E-state index in [1.807, 2.05) is 0 Å². The maximum absolute atomic E-state index is 5.26. The van der Waals surface area contributed by atoms with E-state index in [9.17, 15) is 0 Å². The van der Waals surface area contributed by atoms with Gasteiger partial charge in [0, 0.05) is 20.1 Å². The molecule has 0 aromatic carbocycles. The second-order valence-electron chi connectivity index (χ2n) is 1.82. The van der Waals surface area contributed by atoms with Crippen LogP contribution in [0.25, 0.3) is 0 Å². The van der Waals surface area contributed by atoms with Crippen LogP contribution in [0.2, 0.25) is 0 Å². The molecule has 0 aliphatic carbocycles. The maximum Gasteiger partial charge on any atom is 0.0784 e. The molecule has 0 radical (unpaired) electrons.